The van der Waals surface area contributed by atoms with Crippen molar-refractivity contribution < 1.29 is 29.0 Å². The molecule has 2 rings (SSSR count). The number of hydroxylamine groups is 2. The van der Waals surface area contributed by atoms with E-state index in [-0.39, 0.29) is 41.6 Å². The number of nitrogens with zero attached hydrogens (tertiary/aromatic N) is 2. The molecule has 2 aliphatic heterocycles. The highest BCUT2D eigenvalue weighted by molar-refractivity contribution is 5.75. The maximum absolute atomic E-state index is 12.7. The standard InChI is InChI=1S/C28H52N2O6/c1-25(2)18-21(27(5,6)29(25)20-31)23(32)35-16-14-12-10-11-13-15-17-36-24(33)22-19-26(3,4)30(34-9)28(22,7)8/h21-22,31H,10-20H2,1-9H3. The molecule has 8 nitrogen and oxygen atoms in total. The van der Waals surface area contributed by atoms with Crippen molar-refractivity contribution in [1.82, 2.24) is 9.96 Å². The highest BCUT2D eigenvalue weighted by Gasteiger charge is 2.56. The summed E-state index contributed by atoms with van der Waals surface area (Å²) in [6.07, 6.45) is 7.27. The molecule has 2 heterocycles. The van der Waals surface area contributed by atoms with Gasteiger partial charge in [0, 0.05) is 16.6 Å². The minimum absolute atomic E-state index is 0.0633. The fraction of sp³-hybridized carbons (Fsp3) is 0.929. The van der Waals surface area contributed by atoms with Crippen molar-refractivity contribution in [3.63, 3.8) is 0 Å². The van der Waals surface area contributed by atoms with Crippen LogP contribution < -0.4 is 0 Å². The molecule has 0 spiro atoms. The number of unbranched alkanes of at least 4 members (excludes halogenated alkanes) is 5. The molecule has 0 saturated carbocycles. The van der Waals surface area contributed by atoms with Crippen LogP contribution in [-0.4, -0.2) is 76.2 Å². The number of carbonyl (C=O) groups is 2. The van der Waals surface area contributed by atoms with Gasteiger partial charge in [0.1, 0.15) is 0 Å². The number of aliphatic hydroxyl groups is 1. The Morgan fingerprint density at radius 3 is 1.53 bits per heavy atom. The van der Waals surface area contributed by atoms with Crippen LogP contribution in [0.15, 0.2) is 0 Å². The number of aliphatic hydroxyl groups excluding tert-OH is 1. The molecule has 210 valence electrons. The molecule has 2 unspecified atom stereocenters. The van der Waals surface area contributed by atoms with Crippen molar-refractivity contribution in [2.24, 2.45) is 11.8 Å². The van der Waals surface area contributed by atoms with Gasteiger partial charge in [-0.15, -0.1) is 0 Å². The summed E-state index contributed by atoms with van der Waals surface area (Å²) in [6.45, 7) is 17.2. The van der Waals surface area contributed by atoms with Crippen molar-refractivity contribution in [2.75, 3.05) is 27.1 Å². The highest BCUT2D eigenvalue weighted by Crippen LogP contribution is 2.46. The average Bonchev–Trinajstić information content (AvgIpc) is 3.08. The van der Waals surface area contributed by atoms with Crippen LogP contribution in [0, 0.1) is 11.8 Å². The van der Waals surface area contributed by atoms with Crippen LogP contribution in [0.2, 0.25) is 0 Å². The Morgan fingerprint density at radius 1 is 0.722 bits per heavy atom. The zero-order valence-electron chi connectivity index (χ0n) is 24.3. The van der Waals surface area contributed by atoms with E-state index >= 15 is 0 Å². The number of rotatable bonds is 13. The monoisotopic (exact) mass is 512 g/mol. The summed E-state index contributed by atoms with van der Waals surface area (Å²) >= 11 is 0. The van der Waals surface area contributed by atoms with Gasteiger partial charge in [-0.05, 0) is 81.1 Å². The number of likely N-dealkylation sites (tertiary alicyclic amines) is 1. The first kappa shape index (κ1) is 31.0. The SMILES string of the molecule is CON1C(C)(C)CC(C(=O)OCCCCCCCCOC(=O)C2CC(C)(C)N(CO)C2(C)C)C1(C)C. The largest absolute Gasteiger partial charge is 0.465 e. The fourth-order valence-electron chi connectivity index (χ4n) is 6.64. The molecule has 0 aromatic rings. The Labute approximate surface area is 219 Å². The van der Waals surface area contributed by atoms with Crippen molar-refractivity contribution >= 4 is 11.9 Å². The topological polar surface area (TPSA) is 88.5 Å². The summed E-state index contributed by atoms with van der Waals surface area (Å²) in [5, 5.41) is 11.7. The van der Waals surface area contributed by atoms with E-state index in [0.29, 0.717) is 26.1 Å². The fourth-order valence-corrected chi connectivity index (χ4v) is 6.64. The van der Waals surface area contributed by atoms with E-state index in [1.807, 2.05) is 37.7 Å². The maximum Gasteiger partial charge on any atom is 0.310 e. The molecular formula is C28H52N2O6. The van der Waals surface area contributed by atoms with Gasteiger partial charge in [-0.2, -0.15) is 5.06 Å². The summed E-state index contributed by atoms with van der Waals surface area (Å²) in [5.74, 6) is -0.734. The highest BCUT2D eigenvalue weighted by atomic mass is 16.7. The molecule has 1 N–H and O–H groups in total. The van der Waals surface area contributed by atoms with Crippen molar-refractivity contribution in [2.45, 2.75) is 129 Å². The summed E-state index contributed by atoms with van der Waals surface area (Å²) in [4.78, 5) is 33.0. The Kier molecular flexibility index (Phi) is 10.4. The van der Waals surface area contributed by atoms with E-state index in [0.717, 1.165) is 38.5 Å². The van der Waals surface area contributed by atoms with Crippen molar-refractivity contribution in [1.29, 1.82) is 0 Å². The van der Waals surface area contributed by atoms with Gasteiger partial charge in [0.25, 0.3) is 0 Å². The summed E-state index contributed by atoms with van der Waals surface area (Å²) in [5.41, 5.74) is -1.27. The molecule has 0 radical (unpaired) electrons. The van der Waals surface area contributed by atoms with Gasteiger partial charge in [-0.25, -0.2) is 0 Å². The second kappa shape index (κ2) is 12.1. The molecule has 0 bridgehead atoms. The third kappa shape index (κ3) is 6.80. The van der Waals surface area contributed by atoms with Gasteiger partial charge in [-0.3, -0.25) is 14.5 Å². The molecule has 8 heteroatoms. The lowest BCUT2D eigenvalue weighted by Gasteiger charge is -2.39. The van der Waals surface area contributed by atoms with Gasteiger partial charge < -0.3 is 19.4 Å². The molecular weight excluding hydrogens is 460 g/mol. The predicted molar refractivity (Wildman–Crippen MR) is 140 cm³/mol. The number of hydrogen-bond acceptors (Lipinski definition) is 8. The molecule has 0 aromatic carbocycles. The molecule has 0 aromatic heterocycles. The molecule has 2 saturated heterocycles. The van der Waals surface area contributed by atoms with Crippen molar-refractivity contribution in [3.8, 4) is 0 Å². The van der Waals surface area contributed by atoms with Gasteiger partial charge in [0.05, 0.1) is 44.4 Å². The zero-order valence-corrected chi connectivity index (χ0v) is 24.3. The molecule has 0 aliphatic carbocycles. The van der Waals surface area contributed by atoms with Crippen LogP contribution >= 0.6 is 0 Å². The third-order valence-electron chi connectivity index (χ3n) is 8.53. The Balaban J connectivity index is 1.57. The number of carbonyl (C=O) groups excluding carboxylic acids is 2. The molecule has 2 aliphatic rings. The lowest BCUT2D eigenvalue weighted by molar-refractivity contribution is -0.225. The Hall–Kier alpha value is -1.22. The van der Waals surface area contributed by atoms with Crippen molar-refractivity contribution in [3.05, 3.63) is 0 Å². The van der Waals surface area contributed by atoms with Gasteiger partial charge in [0.2, 0.25) is 0 Å². The normalized spacial score (nSPS) is 26.7. The second-order valence-electron chi connectivity index (χ2n) is 12.9. The number of esters is 2. The smallest absolute Gasteiger partial charge is 0.310 e. The summed E-state index contributed by atoms with van der Waals surface area (Å²) in [7, 11) is 1.66. The van der Waals surface area contributed by atoms with Crippen LogP contribution in [0.3, 0.4) is 0 Å². The third-order valence-corrected chi connectivity index (χ3v) is 8.53. The van der Waals surface area contributed by atoms with E-state index in [9.17, 15) is 14.7 Å². The minimum Gasteiger partial charge on any atom is -0.465 e. The van der Waals surface area contributed by atoms with Crippen LogP contribution in [0.4, 0.5) is 0 Å². The summed E-state index contributed by atoms with van der Waals surface area (Å²) < 4.78 is 11.2. The summed E-state index contributed by atoms with van der Waals surface area (Å²) in [6, 6.07) is 0. The first-order valence-corrected chi connectivity index (χ1v) is 13.7. The zero-order chi connectivity index (χ0) is 27.4. The average molecular weight is 513 g/mol. The Bertz CT molecular complexity index is 686. The van der Waals surface area contributed by atoms with Crippen LogP contribution in [-0.2, 0) is 23.9 Å². The van der Waals surface area contributed by atoms with Crippen LogP contribution in [0.5, 0.6) is 0 Å². The van der Waals surface area contributed by atoms with Gasteiger partial charge in [-0.1, -0.05) is 25.7 Å². The predicted octanol–water partition coefficient (Wildman–Crippen LogP) is 4.68. The molecule has 2 atom stereocenters. The molecule has 36 heavy (non-hydrogen) atoms. The minimum atomic E-state index is -0.425. The van der Waals surface area contributed by atoms with E-state index in [4.69, 9.17) is 14.3 Å². The van der Waals surface area contributed by atoms with E-state index < -0.39 is 11.1 Å². The van der Waals surface area contributed by atoms with Crippen LogP contribution in [0.25, 0.3) is 0 Å². The van der Waals surface area contributed by atoms with E-state index in [1.54, 1.807) is 7.11 Å². The lowest BCUT2D eigenvalue weighted by atomic mass is 9.87. The molecule has 2 fully saturated rings. The number of ether oxygens (including phenoxy) is 2. The molecule has 0 amide bonds. The van der Waals surface area contributed by atoms with Crippen LogP contribution in [0.1, 0.15) is 107 Å². The lowest BCUT2D eigenvalue weighted by Crippen LogP contribution is -2.51. The second-order valence-corrected chi connectivity index (χ2v) is 12.9. The van der Waals surface area contributed by atoms with Gasteiger partial charge in [0.15, 0.2) is 0 Å². The quantitative estimate of drug-likeness (QED) is 0.281. The van der Waals surface area contributed by atoms with E-state index in [2.05, 4.69) is 27.7 Å². The van der Waals surface area contributed by atoms with E-state index in [1.165, 1.54) is 0 Å². The first-order valence-electron chi connectivity index (χ1n) is 13.7. The maximum atomic E-state index is 12.7. The number of hydrogen-bond donors (Lipinski definition) is 1. The first-order chi connectivity index (χ1) is 16.6. The Morgan fingerprint density at radius 2 is 1.14 bits per heavy atom. The van der Waals surface area contributed by atoms with Gasteiger partial charge >= 0.3 is 11.9 Å².